The first-order chi connectivity index (χ1) is 34.1. The molecular weight excluding hydrogens is 973 g/mol. The van der Waals surface area contributed by atoms with E-state index >= 15 is 0 Å². The molecule has 0 aliphatic carbocycles. The second kappa shape index (κ2) is 21.9. The minimum atomic E-state index is -2.09. The Labute approximate surface area is 427 Å². The number of carbonyl (C=O) groups is 3. The molecule has 0 spiro atoms. The fourth-order valence-electron chi connectivity index (χ4n) is 9.45. The standard InChI is InChI=1S/C52H61Cl2N5O13/c1-25-11-10-12-26(2)51(67)56-42-35(23-55-59-18-16-58(17-19-59)24-33-22-37(57-72-33)34-14-13-32(53)21-36(34)54)46(64)39-40(47(42)65)45(63)30(6)49-41(39)50(66)52(8,71-49)69-20-15-38(68-9)27(3)48(70-31(7)60)29(5)44(62)28(4)43(25)61/h10-15,20-23,25,27-29,38,43-44,48,61-65H,16-19,24H2,1-9H3,(H,56,67)/b11-10+,20-15+,26-12-,55-23+/t25-,27+,28+,29+,38-,43-,44+,48+,52-/m0/s1. The molecule has 5 heterocycles. The van der Waals surface area contributed by atoms with E-state index in [1.54, 1.807) is 63.1 Å². The summed E-state index contributed by atoms with van der Waals surface area (Å²) in [6, 6.07) is 6.94. The van der Waals surface area contributed by atoms with E-state index in [9.17, 15) is 39.9 Å². The highest BCUT2D eigenvalue weighted by Crippen LogP contribution is 2.55. The van der Waals surface area contributed by atoms with E-state index in [4.69, 9.17) is 46.7 Å². The van der Waals surface area contributed by atoms with Gasteiger partial charge >= 0.3 is 11.8 Å². The lowest BCUT2D eigenvalue weighted by Crippen LogP contribution is -2.46. The third kappa shape index (κ3) is 10.8. The normalized spacial score (nSPS) is 28.4. The summed E-state index contributed by atoms with van der Waals surface area (Å²) in [4.78, 5) is 43.2. The summed E-state index contributed by atoms with van der Waals surface area (Å²) in [6.07, 6.45) is 4.68. The first-order valence-corrected chi connectivity index (χ1v) is 24.3. The van der Waals surface area contributed by atoms with Crippen LogP contribution in [0.1, 0.15) is 75.7 Å². The van der Waals surface area contributed by atoms with Crippen molar-refractivity contribution in [1.82, 2.24) is 15.1 Å². The van der Waals surface area contributed by atoms with Crippen molar-refractivity contribution >= 4 is 63.5 Å². The molecule has 4 aliphatic rings. The van der Waals surface area contributed by atoms with Gasteiger partial charge in [-0.3, -0.25) is 24.3 Å². The number of hydrogen-bond donors (Lipinski definition) is 6. The number of Topliss-reactive ketones (excluding diaryl/α,β-unsaturated/α-hetero) is 1. The van der Waals surface area contributed by atoms with Gasteiger partial charge in [-0.2, -0.15) is 5.10 Å². The molecule has 4 aromatic rings. The fourth-order valence-corrected chi connectivity index (χ4v) is 9.96. The van der Waals surface area contributed by atoms with Gasteiger partial charge in [-0.15, -0.1) is 0 Å². The van der Waals surface area contributed by atoms with E-state index in [1.165, 1.54) is 59.4 Å². The summed E-state index contributed by atoms with van der Waals surface area (Å²) in [5, 5.41) is 72.8. The van der Waals surface area contributed by atoms with Crippen molar-refractivity contribution in [2.45, 2.75) is 92.1 Å². The monoisotopic (exact) mass is 1030 g/mol. The number of ether oxygens (including phenoxy) is 4. The Morgan fingerprint density at radius 2 is 1.67 bits per heavy atom. The summed E-state index contributed by atoms with van der Waals surface area (Å²) in [6.45, 7) is 14.8. The van der Waals surface area contributed by atoms with Crippen LogP contribution >= 0.6 is 23.2 Å². The van der Waals surface area contributed by atoms with Gasteiger partial charge in [0.25, 0.3) is 11.7 Å². The van der Waals surface area contributed by atoms with Gasteiger partial charge in [-0.05, 0) is 38.1 Å². The molecule has 4 aliphatic heterocycles. The number of rotatable bonds is 7. The molecule has 18 nitrogen and oxygen atoms in total. The molecular formula is C52H61Cl2N5O13. The molecule has 72 heavy (non-hydrogen) atoms. The number of hydrazone groups is 1. The van der Waals surface area contributed by atoms with Gasteiger partial charge in [-0.1, -0.05) is 74.3 Å². The Morgan fingerprint density at radius 3 is 2.33 bits per heavy atom. The maximum Gasteiger partial charge on any atom is 0.312 e. The molecule has 386 valence electrons. The Bertz CT molecular complexity index is 2860. The van der Waals surface area contributed by atoms with Crippen LogP contribution in [0.3, 0.4) is 0 Å². The minimum absolute atomic E-state index is 0.0289. The Morgan fingerprint density at radius 1 is 0.958 bits per heavy atom. The highest BCUT2D eigenvalue weighted by Gasteiger charge is 2.50. The molecule has 1 saturated heterocycles. The van der Waals surface area contributed by atoms with Crippen LogP contribution in [0.2, 0.25) is 10.0 Å². The van der Waals surface area contributed by atoms with Crippen LogP contribution in [0.4, 0.5) is 5.69 Å². The smallest absolute Gasteiger partial charge is 0.312 e. The molecule has 5 bridgehead atoms. The number of aromatic nitrogens is 1. The van der Waals surface area contributed by atoms with Crippen molar-refractivity contribution in [3.05, 3.63) is 92.9 Å². The highest BCUT2D eigenvalue weighted by atomic mass is 35.5. The minimum Gasteiger partial charge on any atom is -0.507 e. The SMILES string of the molecule is CO[C@H]1/C=C/O[C@@]2(C)Oc3c(C)c(O)c4c(O)c(c(/C=N/N5CCN(Cc6cc(-c7ccc(Cl)cc7Cl)no6)CC5)c(O)c4c3C2=O)NC(=O)/C(C)=C\C=C\[C@H](C)[C@H](O)[C@@H](C)[C@@H](O)[C@@H](C)[C@H](OC(C)=O)[C@@H]1C. The number of phenols is 3. The van der Waals surface area contributed by atoms with E-state index < -0.39 is 88.8 Å². The first kappa shape index (κ1) is 53.6. The number of hydrogen-bond acceptors (Lipinski definition) is 17. The number of aromatic hydroxyl groups is 3. The highest BCUT2D eigenvalue weighted by molar-refractivity contribution is 6.36. The number of piperazine rings is 1. The second-order valence-electron chi connectivity index (χ2n) is 18.9. The molecule has 20 heteroatoms. The maximum atomic E-state index is 14.6. The van der Waals surface area contributed by atoms with E-state index in [2.05, 4.69) is 20.5 Å². The second-order valence-corrected chi connectivity index (χ2v) is 19.7. The average Bonchev–Trinajstić information content (AvgIpc) is 3.91. The number of nitrogens with one attached hydrogen (secondary N) is 1. The van der Waals surface area contributed by atoms with E-state index in [1.807, 2.05) is 6.07 Å². The number of amides is 1. The van der Waals surface area contributed by atoms with Gasteiger partial charge in [0.1, 0.15) is 29.0 Å². The third-order valence-electron chi connectivity index (χ3n) is 13.9. The lowest BCUT2D eigenvalue weighted by molar-refractivity contribution is -0.160. The molecule has 0 saturated carbocycles. The van der Waals surface area contributed by atoms with E-state index in [0.717, 1.165) is 0 Å². The average molecular weight is 1030 g/mol. The van der Waals surface area contributed by atoms with Crippen LogP contribution in [0.5, 0.6) is 23.0 Å². The number of carbonyl (C=O) groups excluding carboxylic acids is 3. The Balaban J connectivity index is 1.26. The third-order valence-corrected chi connectivity index (χ3v) is 14.4. The number of halogens is 2. The predicted molar refractivity (Wildman–Crippen MR) is 270 cm³/mol. The number of esters is 1. The summed E-state index contributed by atoms with van der Waals surface area (Å²) in [5.74, 6) is -8.10. The number of nitrogens with zero attached hydrogens (tertiary/aromatic N) is 4. The van der Waals surface area contributed by atoms with Crippen molar-refractivity contribution in [3.8, 4) is 34.3 Å². The molecule has 9 atom stereocenters. The number of methoxy groups -OCH3 is 1. The van der Waals surface area contributed by atoms with Crippen LogP contribution < -0.4 is 10.1 Å². The molecule has 1 aromatic heterocycles. The molecule has 1 amide bonds. The zero-order valence-electron chi connectivity index (χ0n) is 41.5. The van der Waals surface area contributed by atoms with Gasteiger partial charge in [0.05, 0.1) is 64.6 Å². The lowest BCUT2D eigenvalue weighted by Gasteiger charge is -2.38. The fraction of sp³-hybridized carbons (Fsp3) is 0.442. The molecule has 1 fully saturated rings. The number of aliphatic hydroxyl groups excluding tert-OH is 2. The van der Waals surface area contributed by atoms with Crippen molar-refractivity contribution in [2.24, 2.45) is 28.8 Å². The largest absolute Gasteiger partial charge is 0.507 e. The summed E-state index contributed by atoms with van der Waals surface area (Å²) >= 11 is 12.5. The first-order valence-electron chi connectivity index (χ1n) is 23.6. The number of aliphatic hydroxyl groups is 2. The number of phenolic OH excluding ortho intramolecular Hbond substituents is 3. The van der Waals surface area contributed by atoms with Crippen molar-refractivity contribution in [1.29, 1.82) is 0 Å². The number of allylic oxidation sites excluding steroid dienone is 2. The van der Waals surface area contributed by atoms with Gasteiger partial charge in [-0.25, -0.2) is 0 Å². The number of ketones is 1. The van der Waals surface area contributed by atoms with Crippen LogP contribution in [-0.4, -0.2) is 128 Å². The van der Waals surface area contributed by atoms with Crippen molar-refractivity contribution in [3.63, 3.8) is 0 Å². The topological polar surface area (TPSA) is 246 Å². The quantitative estimate of drug-likeness (QED) is 0.0446. The van der Waals surface area contributed by atoms with Crippen LogP contribution in [0.15, 0.2) is 70.0 Å². The number of anilines is 1. The molecule has 0 unspecified atom stereocenters. The van der Waals surface area contributed by atoms with Gasteiger partial charge in [0.2, 0.25) is 0 Å². The summed E-state index contributed by atoms with van der Waals surface area (Å²) in [7, 11) is 1.43. The molecule has 6 N–H and O–H groups in total. The van der Waals surface area contributed by atoms with Crippen molar-refractivity contribution in [2.75, 3.05) is 38.6 Å². The number of fused-ring (bicyclic) bond motifs is 14. The zero-order valence-corrected chi connectivity index (χ0v) is 43.0. The van der Waals surface area contributed by atoms with Gasteiger partial charge < -0.3 is 54.3 Å². The summed E-state index contributed by atoms with van der Waals surface area (Å²) < 4.78 is 29.4. The van der Waals surface area contributed by atoms with Crippen LogP contribution in [0.25, 0.3) is 22.0 Å². The zero-order chi connectivity index (χ0) is 52.5. The van der Waals surface area contributed by atoms with Crippen LogP contribution in [0, 0.1) is 30.6 Å². The maximum absolute atomic E-state index is 14.6. The van der Waals surface area contributed by atoms with Gasteiger partial charge in [0, 0.05) is 104 Å². The molecule has 0 radical (unpaired) electrons. The van der Waals surface area contributed by atoms with E-state index in [-0.39, 0.29) is 44.5 Å². The predicted octanol–water partition coefficient (Wildman–Crippen LogP) is 7.87. The lowest BCUT2D eigenvalue weighted by atomic mass is 9.78. The van der Waals surface area contributed by atoms with Crippen molar-refractivity contribution < 1.29 is 63.4 Å². The molecule has 8 rings (SSSR count). The van der Waals surface area contributed by atoms with E-state index in [0.29, 0.717) is 59.8 Å². The van der Waals surface area contributed by atoms with Crippen LogP contribution in [-0.2, 0) is 30.3 Å². The number of benzene rings is 3. The van der Waals surface area contributed by atoms with Gasteiger partial charge in [0.15, 0.2) is 11.5 Å². The molecule has 3 aromatic carbocycles. The summed E-state index contributed by atoms with van der Waals surface area (Å²) in [5.41, 5.74) is 0.710. The Kier molecular flexibility index (Phi) is 16.3. The Hall–Kier alpha value is -6.15.